The zero-order chi connectivity index (χ0) is 17.9. The number of rotatable bonds is 4. The predicted octanol–water partition coefficient (Wildman–Crippen LogP) is 2.75. The van der Waals surface area contributed by atoms with Crippen LogP contribution in [0.3, 0.4) is 0 Å². The van der Waals surface area contributed by atoms with Crippen LogP contribution in [-0.4, -0.2) is 50.3 Å². The molecule has 136 valence electrons. The first kappa shape index (κ1) is 17.1. The van der Waals surface area contributed by atoms with Crippen molar-refractivity contribution in [2.24, 2.45) is 0 Å². The minimum Gasteiger partial charge on any atom is -0.329 e. The van der Waals surface area contributed by atoms with Crippen LogP contribution >= 0.6 is 0 Å². The van der Waals surface area contributed by atoms with Crippen LogP contribution in [0.2, 0.25) is 0 Å². The molecule has 0 saturated carbocycles. The number of aromatic nitrogens is 3. The van der Waals surface area contributed by atoms with E-state index >= 15 is 0 Å². The number of hydrogen-bond donors (Lipinski definition) is 0. The molecule has 0 aromatic carbocycles. The minimum atomic E-state index is -0.0528. The van der Waals surface area contributed by atoms with Crippen LogP contribution in [-0.2, 0) is 6.54 Å². The molecule has 0 aliphatic carbocycles. The van der Waals surface area contributed by atoms with E-state index in [1.807, 2.05) is 18.0 Å². The Bertz CT molecular complexity index is 753. The molecule has 4 heterocycles. The highest BCUT2D eigenvalue weighted by molar-refractivity contribution is 5.92. The Balaban J connectivity index is 1.47. The van der Waals surface area contributed by atoms with Gasteiger partial charge in [0.25, 0.3) is 5.91 Å². The predicted molar refractivity (Wildman–Crippen MR) is 98.5 cm³/mol. The molecule has 1 amide bonds. The summed E-state index contributed by atoms with van der Waals surface area (Å²) in [6.45, 7) is 5.96. The van der Waals surface area contributed by atoms with Gasteiger partial charge in [-0.1, -0.05) is 6.07 Å². The molecular formula is C20H25N5O. The zero-order valence-corrected chi connectivity index (χ0v) is 15.3. The third kappa shape index (κ3) is 3.60. The molecule has 2 saturated heterocycles. The van der Waals surface area contributed by atoms with Crippen LogP contribution < -0.4 is 0 Å². The number of carbonyl (C=O) groups excluding carboxylic acids is 1. The second-order valence-corrected chi connectivity index (χ2v) is 7.27. The summed E-state index contributed by atoms with van der Waals surface area (Å²) in [6.07, 6.45) is 9.72. The van der Waals surface area contributed by atoms with E-state index in [9.17, 15) is 4.79 Å². The molecule has 0 radical (unpaired) electrons. The van der Waals surface area contributed by atoms with E-state index in [0.29, 0.717) is 5.69 Å². The van der Waals surface area contributed by atoms with Gasteiger partial charge in [-0.15, -0.1) is 0 Å². The molecule has 1 atom stereocenters. The Morgan fingerprint density at radius 2 is 1.88 bits per heavy atom. The van der Waals surface area contributed by atoms with Gasteiger partial charge in [-0.2, -0.15) is 0 Å². The zero-order valence-electron chi connectivity index (χ0n) is 15.3. The number of amides is 1. The largest absolute Gasteiger partial charge is 0.329 e. The lowest BCUT2D eigenvalue weighted by Crippen LogP contribution is -2.31. The molecule has 0 spiro atoms. The lowest BCUT2D eigenvalue weighted by atomic mass is 10.1. The van der Waals surface area contributed by atoms with Crippen LogP contribution in [0.4, 0.5) is 0 Å². The molecule has 6 heteroatoms. The molecule has 0 N–H and O–H groups in total. The summed E-state index contributed by atoms with van der Waals surface area (Å²) in [5.41, 5.74) is 3.44. The van der Waals surface area contributed by atoms with E-state index in [1.54, 1.807) is 12.4 Å². The lowest BCUT2D eigenvalue weighted by molar-refractivity contribution is 0.0726. The quantitative estimate of drug-likeness (QED) is 0.848. The second kappa shape index (κ2) is 7.50. The molecule has 0 bridgehead atoms. The molecule has 6 nitrogen and oxygen atoms in total. The van der Waals surface area contributed by atoms with Gasteiger partial charge in [0, 0.05) is 25.5 Å². The molecule has 2 fully saturated rings. The number of hydrogen-bond acceptors (Lipinski definition) is 5. The Morgan fingerprint density at radius 1 is 1.04 bits per heavy atom. The van der Waals surface area contributed by atoms with Gasteiger partial charge in [-0.25, -0.2) is 4.98 Å². The summed E-state index contributed by atoms with van der Waals surface area (Å²) in [4.78, 5) is 30.3. The Kier molecular flexibility index (Phi) is 4.93. The maximum Gasteiger partial charge on any atom is 0.274 e. The monoisotopic (exact) mass is 351 g/mol. The highest BCUT2D eigenvalue weighted by Crippen LogP contribution is 2.32. The normalized spacial score (nSPS) is 20.7. The van der Waals surface area contributed by atoms with E-state index in [0.717, 1.165) is 37.3 Å². The van der Waals surface area contributed by atoms with Gasteiger partial charge in [0.05, 0.1) is 23.6 Å². The van der Waals surface area contributed by atoms with E-state index in [1.165, 1.54) is 31.5 Å². The Labute approximate surface area is 154 Å². The van der Waals surface area contributed by atoms with E-state index in [2.05, 4.69) is 32.0 Å². The average Bonchev–Trinajstić information content (AvgIpc) is 3.34. The SMILES string of the molecule is Cc1cnc(C(=O)N2CCCC2c2ccc(CN3CCCC3)cn2)cn1. The fourth-order valence-electron chi connectivity index (χ4n) is 3.89. The molecule has 2 aliphatic heterocycles. The van der Waals surface area contributed by atoms with Crippen LogP contribution in [0.25, 0.3) is 0 Å². The summed E-state index contributed by atoms with van der Waals surface area (Å²) in [7, 11) is 0. The van der Waals surface area contributed by atoms with E-state index in [4.69, 9.17) is 0 Å². The van der Waals surface area contributed by atoms with Crippen molar-refractivity contribution in [2.75, 3.05) is 19.6 Å². The van der Waals surface area contributed by atoms with E-state index < -0.39 is 0 Å². The maximum atomic E-state index is 12.8. The number of pyridine rings is 1. The van der Waals surface area contributed by atoms with Crippen molar-refractivity contribution in [3.05, 3.63) is 53.4 Å². The van der Waals surface area contributed by atoms with Crippen LogP contribution in [0, 0.1) is 6.92 Å². The van der Waals surface area contributed by atoms with Gasteiger partial charge in [0.15, 0.2) is 0 Å². The van der Waals surface area contributed by atoms with Crippen LogP contribution in [0.1, 0.15) is 59.2 Å². The van der Waals surface area contributed by atoms with Crippen LogP contribution in [0.15, 0.2) is 30.7 Å². The van der Waals surface area contributed by atoms with Crippen molar-refractivity contribution in [2.45, 2.75) is 45.2 Å². The van der Waals surface area contributed by atoms with Crippen molar-refractivity contribution >= 4 is 5.91 Å². The standard InChI is InChI=1S/C20H25N5O/c1-15-11-22-18(13-21-15)20(26)25-10-4-5-19(25)17-7-6-16(12-23-17)14-24-8-2-3-9-24/h6-7,11-13,19H,2-5,8-10,14H2,1H3. The first-order valence-electron chi connectivity index (χ1n) is 9.47. The van der Waals surface area contributed by atoms with E-state index in [-0.39, 0.29) is 11.9 Å². The van der Waals surface area contributed by atoms with Crippen molar-refractivity contribution in [3.63, 3.8) is 0 Å². The first-order valence-corrected chi connectivity index (χ1v) is 9.47. The number of aryl methyl sites for hydroxylation is 1. The van der Waals surface area contributed by atoms with Crippen molar-refractivity contribution < 1.29 is 4.79 Å². The maximum absolute atomic E-state index is 12.8. The molecular weight excluding hydrogens is 326 g/mol. The smallest absolute Gasteiger partial charge is 0.274 e. The number of nitrogens with zero attached hydrogens (tertiary/aromatic N) is 5. The summed E-state index contributed by atoms with van der Waals surface area (Å²) in [6, 6.07) is 4.28. The van der Waals surface area contributed by atoms with Gasteiger partial charge in [-0.3, -0.25) is 19.7 Å². The van der Waals surface area contributed by atoms with Gasteiger partial charge >= 0.3 is 0 Å². The molecule has 1 unspecified atom stereocenters. The van der Waals surface area contributed by atoms with Gasteiger partial charge in [0.2, 0.25) is 0 Å². The molecule has 4 rings (SSSR count). The van der Waals surface area contributed by atoms with Gasteiger partial charge in [-0.05, 0) is 57.3 Å². The minimum absolute atomic E-state index is 0.0337. The third-order valence-electron chi connectivity index (χ3n) is 5.31. The fraction of sp³-hybridized carbons (Fsp3) is 0.500. The molecule has 2 aromatic rings. The van der Waals surface area contributed by atoms with Crippen molar-refractivity contribution in [1.29, 1.82) is 0 Å². The summed E-state index contributed by atoms with van der Waals surface area (Å²) < 4.78 is 0. The number of carbonyl (C=O) groups is 1. The Morgan fingerprint density at radius 3 is 2.58 bits per heavy atom. The Hall–Kier alpha value is -2.34. The topological polar surface area (TPSA) is 62.2 Å². The fourth-order valence-corrected chi connectivity index (χ4v) is 3.89. The summed E-state index contributed by atoms with van der Waals surface area (Å²) >= 11 is 0. The lowest BCUT2D eigenvalue weighted by Gasteiger charge is -2.24. The summed E-state index contributed by atoms with van der Waals surface area (Å²) in [5.74, 6) is -0.0528. The second-order valence-electron chi connectivity index (χ2n) is 7.27. The summed E-state index contributed by atoms with van der Waals surface area (Å²) in [5, 5.41) is 0. The first-order chi connectivity index (χ1) is 12.7. The molecule has 2 aromatic heterocycles. The van der Waals surface area contributed by atoms with Gasteiger partial charge in [0.1, 0.15) is 5.69 Å². The highest BCUT2D eigenvalue weighted by atomic mass is 16.2. The molecule has 26 heavy (non-hydrogen) atoms. The van der Waals surface area contributed by atoms with Crippen LogP contribution in [0.5, 0.6) is 0 Å². The molecule has 2 aliphatic rings. The van der Waals surface area contributed by atoms with Crippen molar-refractivity contribution in [1.82, 2.24) is 24.8 Å². The van der Waals surface area contributed by atoms with Crippen molar-refractivity contribution in [3.8, 4) is 0 Å². The number of likely N-dealkylation sites (tertiary alicyclic amines) is 2. The highest BCUT2D eigenvalue weighted by Gasteiger charge is 2.32. The third-order valence-corrected chi connectivity index (χ3v) is 5.31. The van der Waals surface area contributed by atoms with Gasteiger partial charge < -0.3 is 4.90 Å². The average molecular weight is 351 g/mol.